The highest BCUT2D eigenvalue weighted by atomic mass is 16.3. The molecule has 1 saturated heterocycles. The first-order valence-electron chi connectivity index (χ1n) is 5.85. The number of aromatic hydroxyl groups is 1. The maximum Gasteiger partial charge on any atom is 0.163 e. The smallest absolute Gasteiger partial charge is 0.163 e. The van der Waals surface area contributed by atoms with E-state index in [1.54, 1.807) is 12.1 Å². The molecule has 1 N–H and O–H groups in total. The summed E-state index contributed by atoms with van der Waals surface area (Å²) in [5.41, 5.74) is 1.38. The zero-order valence-corrected chi connectivity index (χ0v) is 10.3. The van der Waals surface area contributed by atoms with E-state index in [2.05, 4.69) is 16.8 Å². The third-order valence-corrected chi connectivity index (χ3v) is 3.23. The number of likely N-dealkylation sites (N-methyl/N-ethyl adjacent to an activating group) is 1. The predicted octanol–water partition coefficient (Wildman–Crippen LogP) is 1.35. The van der Waals surface area contributed by atoms with Crippen molar-refractivity contribution in [2.24, 2.45) is 0 Å². The fraction of sp³-hybridized carbons (Fsp3) is 0.462. The SMILES string of the molecule is CC(=O)c1ccc(N2CCN(C)CC2)cc1O. The predicted molar refractivity (Wildman–Crippen MR) is 67.8 cm³/mol. The van der Waals surface area contributed by atoms with Gasteiger partial charge in [0.2, 0.25) is 0 Å². The molecular formula is C13H18N2O2. The molecule has 0 bridgehead atoms. The molecule has 0 saturated carbocycles. The van der Waals surface area contributed by atoms with Gasteiger partial charge in [-0.3, -0.25) is 4.79 Å². The zero-order chi connectivity index (χ0) is 12.4. The van der Waals surface area contributed by atoms with E-state index in [0.29, 0.717) is 5.56 Å². The van der Waals surface area contributed by atoms with Crippen LogP contribution in [0.1, 0.15) is 17.3 Å². The minimum Gasteiger partial charge on any atom is -0.507 e. The largest absolute Gasteiger partial charge is 0.507 e. The van der Waals surface area contributed by atoms with Crippen LogP contribution in [0.3, 0.4) is 0 Å². The summed E-state index contributed by atoms with van der Waals surface area (Å²) in [6.07, 6.45) is 0. The van der Waals surface area contributed by atoms with E-state index in [4.69, 9.17) is 0 Å². The number of nitrogens with zero attached hydrogens (tertiary/aromatic N) is 2. The summed E-state index contributed by atoms with van der Waals surface area (Å²) in [6.45, 7) is 5.42. The first-order chi connectivity index (χ1) is 8.08. The van der Waals surface area contributed by atoms with Crippen LogP contribution in [-0.2, 0) is 0 Å². The Morgan fingerprint density at radius 1 is 1.24 bits per heavy atom. The summed E-state index contributed by atoms with van der Waals surface area (Å²) < 4.78 is 0. The van der Waals surface area contributed by atoms with Crippen molar-refractivity contribution in [3.63, 3.8) is 0 Å². The van der Waals surface area contributed by atoms with Gasteiger partial charge in [-0.25, -0.2) is 0 Å². The van der Waals surface area contributed by atoms with E-state index >= 15 is 0 Å². The lowest BCUT2D eigenvalue weighted by Gasteiger charge is -2.34. The summed E-state index contributed by atoms with van der Waals surface area (Å²) in [5.74, 6) is -0.0265. The summed E-state index contributed by atoms with van der Waals surface area (Å²) in [5, 5.41) is 9.79. The molecule has 0 atom stereocenters. The number of Topliss-reactive ketones (excluding diaryl/α,β-unsaturated/α-hetero) is 1. The van der Waals surface area contributed by atoms with Crippen molar-refractivity contribution in [1.29, 1.82) is 0 Å². The van der Waals surface area contributed by atoms with Crippen molar-refractivity contribution in [3.05, 3.63) is 23.8 Å². The average molecular weight is 234 g/mol. The standard InChI is InChI=1S/C13H18N2O2/c1-10(16)12-4-3-11(9-13(12)17)15-7-5-14(2)6-8-15/h3-4,9,17H,5-8H2,1-2H3. The Morgan fingerprint density at radius 2 is 1.88 bits per heavy atom. The second kappa shape index (κ2) is 4.75. The maximum atomic E-state index is 11.2. The molecule has 1 aliphatic heterocycles. The fourth-order valence-electron chi connectivity index (χ4n) is 2.08. The Hall–Kier alpha value is -1.55. The molecule has 1 aliphatic rings. The van der Waals surface area contributed by atoms with Crippen LogP contribution in [0.25, 0.3) is 0 Å². The number of phenolic OH excluding ortho intramolecular Hbond substituents is 1. The monoisotopic (exact) mass is 234 g/mol. The third-order valence-electron chi connectivity index (χ3n) is 3.23. The highest BCUT2D eigenvalue weighted by Crippen LogP contribution is 2.25. The number of hydrogen-bond acceptors (Lipinski definition) is 4. The maximum absolute atomic E-state index is 11.2. The molecule has 1 aromatic carbocycles. The first kappa shape index (κ1) is 11.9. The Bertz CT molecular complexity index is 423. The van der Waals surface area contributed by atoms with Gasteiger partial charge in [-0.1, -0.05) is 0 Å². The van der Waals surface area contributed by atoms with Crippen LogP contribution >= 0.6 is 0 Å². The second-order valence-corrected chi connectivity index (χ2v) is 4.55. The van der Waals surface area contributed by atoms with Gasteiger partial charge in [-0.2, -0.15) is 0 Å². The Kier molecular flexibility index (Phi) is 3.33. The van der Waals surface area contributed by atoms with E-state index in [-0.39, 0.29) is 11.5 Å². The van der Waals surface area contributed by atoms with Crippen LogP contribution < -0.4 is 4.90 Å². The zero-order valence-electron chi connectivity index (χ0n) is 10.3. The van der Waals surface area contributed by atoms with Crippen LogP contribution in [0.5, 0.6) is 5.75 Å². The van der Waals surface area contributed by atoms with Gasteiger partial charge in [0.1, 0.15) is 5.75 Å². The highest BCUT2D eigenvalue weighted by Gasteiger charge is 2.16. The molecule has 0 spiro atoms. The lowest BCUT2D eigenvalue weighted by Crippen LogP contribution is -2.44. The molecule has 17 heavy (non-hydrogen) atoms. The molecule has 1 fully saturated rings. The van der Waals surface area contributed by atoms with Crippen LogP contribution in [-0.4, -0.2) is 49.0 Å². The summed E-state index contributed by atoms with van der Waals surface area (Å²) in [7, 11) is 2.10. The fourth-order valence-corrected chi connectivity index (χ4v) is 2.08. The molecule has 1 heterocycles. The Balaban J connectivity index is 2.17. The van der Waals surface area contributed by atoms with E-state index in [9.17, 15) is 9.90 Å². The van der Waals surface area contributed by atoms with Crippen molar-refractivity contribution < 1.29 is 9.90 Å². The molecule has 0 unspecified atom stereocenters. The van der Waals surface area contributed by atoms with E-state index < -0.39 is 0 Å². The van der Waals surface area contributed by atoms with Crippen molar-refractivity contribution in [3.8, 4) is 5.75 Å². The lowest BCUT2D eigenvalue weighted by atomic mass is 10.1. The van der Waals surface area contributed by atoms with Gasteiger partial charge in [0.25, 0.3) is 0 Å². The van der Waals surface area contributed by atoms with E-state index in [0.717, 1.165) is 31.9 Å². The van der Waals surface area contributed by atoms with E-state index in [1.807, 2.05) is 6.07 Å². The number of ketones is 1. The molecule has 0 aromatic heterocycles. The number of phenols is 1. The molecule has 92 valence electrons. The minimum atomic E-state index is -0.104. The summed E-state index contributed by atoms with van der Waals surface area (Å²) >= 11 is 0. The van der Waals surface area contributed by atoms with E-state index in [1.165, 1.54) is 6.92 Å². The molecule has 4 nitrogen and oxygen atoms in total. The molecule has 1 aromatic rings. The van der Waals surface area contributed by atoms with Crippen molar-refractivity contribution >= 4 is 11.5 Å². The van der Waals surface area contributed by atoms with Gasteiger partial charge < -0.3 is 14.9 Å². The number of hydrogen-bond donors (Lipinski definition) is 1. The Morgan fingerprint density at radius 3 is 2.41 bits per heavy atom. The van der Waals surface area contributed by atoms with Crippen molar-refractivity contribution in [2.75, 3.05) is 38.1 Å². The number of benzene rings is 1. The van der Waals surface area contributed by atoms with Gasteiger partial charge in [0.05, 0.1) is 5.56 Å². The topological polar surface area (TPSA) is 43.8 Å². The van der Waals surface area contributed by atoms with Crippen LogP contribution in [0.4, 0.5) is 5.69 Å². The van der Waals surface area contributed by atoms with Gasteiger partial charge in [0.15, 0.2) is 5.78 Å². The van der Waals surface area contributed by atoms with Crippen molar-refractivity contribution in [2.45, 2.75) is 6.92 Å². The summed E-state index contributed by atoms with van der Waals surface area (Å²) in [6, 6.07) is 5.29. The van der Waals surface area contributed by atoms with Gasteiger partial charge in [0, 0.05) is 37.9 Å². The number of carbonyl (C=O) groups excluding carboxylic acids is 1. The molecule has 0 amide bonds. The van der Waals surface area contributed by atoms with Gasteiger partial charge in [-0.05, 0) is 26.1 Å². The molecule has 0 radical (unpaired) electrons. The average Bonchev–Trinajstić information content (AvgIpc) is 2.29. The highest BCUT2D eigenvalue weighted by molar-refractivity contribution is 5.97. The van der Waals surface area contributed by atoms with Crippen molar-refractivity contribution in [1.82, 2.24) is 4.90 Å². The summed E-state index contributed by atoms with van der Waals surface area (Å²) in [4.78, 5) is 15.7. The third kappa shape index (κ3) is 2.58. The number of rotatable bonds is 2. The normalized spacial score (nSPS) is 17.2. The van der Waals surface area contributed by atoms with Gasteiger partial charge >= 0.3 is 0 Å². The minimum absolute atomic E-state index is 0.0777. The molecule has 0 aliphatic carbocycles. The molecular weight excluding hydrogens is 216 g/mol. The quantitative estimate of drug-likeness (QED) is 0.784. The molecule has 2 rings (SSSR count). The number of anilines is 1. The first-order valence-corrected chi connectivity index (χ1v) is 5.85. The van der Waals surface area contributed by atoms with Crippen LogP contribution in [0, 0.1) is 0 Å². The molecule has 4 heteroatoms. The number of piperazine rings is 1. The Labute approximate surface area is 101 Å². The second-order valence-electron chi connectivity index (χ2n) is 4.55. The van der Waals surface area contributed by atoms with Crippen LogP contribution in [0.15, 0.2) is 18.2 Å². The van der Waals surface area contributed by atoms with Crippen LogP contribution in [0.2, 0.25) is 0 Å². The van der Waals surface area contributed by atoms with Gasteiger partial charge in [-0.15, -0.1) is 0 Å². The lowest BCUT2D eigenvalue weighted by molar-refractivity contribution is 0.101. The number of carbonyl (C=O) groups is 1.